The molecule has 5 heteroatoms. The van der Waals surface area contributed by atoms with Gasteiger partial charge in [0, 0.05) is 18.7 Å². The van der Waals surface area contributed by atoms with Crippen molar-refractivity contribution < 1.29 is 14.1 Å². The van der Waals surface area contributed by atoms with Gasteiger partial charge < -0.3 is 9.26 Å². The molecule has 1 aromatic rings. The second-order valence-electron chi connectivity index (χ2n) is 4.13. The molecule has 88 valence electrons. The topological polar surface area (TPSA) is 55.6 Å². The Balaban J connectivity index is 1.89. The molecule has 16 heavy (non-hydrogen) atoms. The van der Waals surface area contributed by atoms with E-state index in [0.29, 0.717) is 0 Å². The summed E-state index contributed by atoms with van der Waals surface area (Å²) in [5, 5.41) is 3.66. The van der Waals surface area contributed by atoms with E-state index in [1.54, 1.807) is 12.5 Å². The molecule has 0 spiro atoms. The van der Waals surface area contributed by atoms with Crippen LogP contribution >= 0.6 is 0 Å². The van der Waals surface area contributed by atoms with Crippen LogP contribution < -0.4 is 0 Å². The number of carbonyl (C=O) groups is 1. The van der Waals surface area contributed by atoms with E-state index in [1.165, 1.54) is 7.11 Å². The van der Waals surface area contributed by atoms with E-state index in [0.717, 1.165) is 38.0 Å². The lowest BCUT2D eigenvalue weighted by Crippen LogP contribution is -2.38. The van der Waals surface area contributed by atoms with Gasteiger partial charge in [0.2, 0.25) is 0 Å². The highest BCUT2D eigenvalue weighted by molar-refractivity contribution is 5.72. The lowest BCUT2D eigenvalue weighted by molar-refractivity contribution is -0.147. The van der Waals surface area contributed by atoms with Crippen LogP contribution in [0.25, 0.3) is 0 Å². The second kappa shape index (κ2) is 5.12. The highest BCUT2D eigenvalue weighted by atomic mass is 16.5. The third kappa shape index (κ3) is 2.61. The Morgan fingerprint density at radius 2 is 2.62 bits per heavy atom. The molecule has 5 nitrogen and oxygen atoms in total. The van der Waals surface area contributed by atoms with Crippen LogP contribution in [0.4, 0.5) is 0 Å². The van der Waals surface area contributed by atoms with E-state index >= 15 is 0 Å². The van der Waals surface area contributed by atoms with Gasteiger partial charge in [0.1, 0.15) is 6.26 Å². The summed E-state index contributed by atoms with van der Waals surface area (Å²) in [5.74, 6) is -0.0892. The van der Waals surface area contributed by atoms with Crippen molar-refractivity contribution in [3.8, 4) is 0 Å². The maximum absolute atomic E-state index is 11.4. The zero-order valence-corrected chi connectivity index (χ0v) is 9.39. The molecule has 2 heterocycles. The Labute approximate surface area is 94.3 Å². The quantitative estimate of drug-likeness (QED) is 0.718. The predicted octanol–water partition coefficient (Wildman–Crippen LogP) is 1.06. The summed E-state index contributed by atoms with van der Waals surface area (Å²) in [6.07, 6.45) is 5.31. The van der Waals surface area contributed by atoms with Crippen LogP contribution in [0.3, 0.4) is 0 Å². The number of rotatable bonds is 3. The van der Waals surface area contributed by atoms with Crippen molar-refractivity contribution in [2.45, 2.75) is 19.4 Å². The third-order valence-corrected chi connectivity index (χ3v) is 2.93. The first-order valence-electron chi connectivity index (χ1n) is 5.48. The van der Waals surface area contributed by atoms with E-state index in [2.05, 4.69) is 10.1 Å². The highest BCUT2D eigenvalue weighted by Gasteiger charge is 2.26. The smallest absolute Gasteiger partial charge is 0.309 e. The summed E-state index contributed by atoms with van der Waals surface area (Å²) in [5.41, 5.74) is 1.05. The molecular formula is C11H16N2O3. The van der Waals surface area contributed by atoms with E-state index < -0.39 is 0 Å². The average molecular weight is 224 g/mol. The van der Waals surface area contributed by atoms with Crippen molar-refractivity contribution >= 4 is 5.97 Å². The van der Waals surface area contributed by atoms with Crippen molar-refractivity contribution in [1.29, 1.82) is 0 Å². The predicted molar refractivity (Wildman–Crippen MR) is 56.5 cm³/mol. The maximum Gasteiger partial charge on any atom is 0.309 e. The lowest BCUT2D eigenvalue weighted by Gasteiger charge is -2.30. The number of aromatic nitrogens is 1. The number of likely N-dealkylation sites (tertiary alicyclic amines) is 1. The van der Waals surface area contributed by atoms with Crippen molar-refractivity contribution in [2.24, 2.45) is 5.92 Å². The fraction of sp³-hybridized carbons (Fsp3) is 0.636. The van der Waals surface area contributed by atoms with Gasteiger partial charge in [-0.2, -0.15) is 0 Å². The van der Waals surface area contributed by atoms with Crippen molar-refractivity contribution in [3.63, 3.8) is 0 Å². The van der Waals surface area contributed by atoms with Crippen LogP contribution in [0.15, 0.2) is 17.0 Å². The molecule has 1 aliphatic heterocycles. The molecular weight excluding hydrogens is 208 g/mol. The summed E-state index contributed by atoms with van der Waals surface area (Å²) >= 11 is 0. The molecule has 0 amide bonds. The minimum atomic E-state index is -0.102. The zero-order chi connectivity index (χ0) is 11.4. The van der Waals surface area contributed by atoms with Gasteiger partial charge in [0.15, 0.2) is 0 Å². The second-order valence-corrected chi connectivity index (χ2v) is 4.13. The number of esters is 1. The fourth-order valence-corrected chi connectivity index (χ4v) is 2.12. The maximum atomic E-state index is 11.4. The van der Waals surface area contributed by atoms with E-state index in [-0.39, 0.29) is 11.9 Å². The number of hydrogen-bond acceptors (Lipinski definition) is 5. The highest BCUT2D eigenvalue weighted by Crippen LogP contribution is 2.19. The van der Waals surface area contributed by atoms with Gasteiger partial charge in [0.05, 0.1) is 19.2 Å². The first-order chi connectivity index (χ1) is 7.79. The SMILES string of the molecule is COC(=O)[C@H]1CCCN(Cc2cnoc2)C1. The first-order valence-corrected chi connectivity index (χ1v) is 5.48. The van der Waals surface area contributed by atoms with E-state index in [9.17, 15) is 4.79 Å². The van der Waals surface area contributed by atoms with Gasteiger partial charge in [-0.1, -0.05) is 5.16 Å². The Hall–Kier alpha value is -1.36. The monoisotopic (exact) mass is 224 g/mol. The molecule has 0 unspecified atom stereocenters. The number of methoxy groups -OCH3 is 1. The Bertz CT molecular complexity index is 337. The molecule has 1 fully saturated rings. The lowest BCUT2D eigenvalue weighted by atomic mass is 9.98. The number of nitrogens with zero attached hydrogens (tertiary/aromatic N) is 2. The molecule has 0 aromatic carbocycles. The van der Waals surface area contributed by atoms with Crippen LogP contribution in [-0.4, -0.2) is 36.2 Å². The fourth-order valence-electron chi connectivity index (χ4n) is 2.12. The number of carbonyl (C=O) groups excluding carboxylic acids is 1. The van der Waals surface area contributed by atoms with Gasteiger partial charge in [-0.25, -0.2) is 0 Å². The van der Waals surface area contributed by atoms with Gasteiger partial charge in [-0.3, -0.25) is 9.69 Å². The van der Waals surface area contributed by atoms with Crippen LogP contribution in [0.5, 0.6) is 0 Å². The molecule has 1 aliphatic rings. The molecule has 1 saturated heterocycles. The largest absolute Gasteiger partial charge is 0.469 e. The van der Waals surface area contributed by atoms with Crippen molar-refractivity contribution in [3.05, 3.63) is 18.0 Å². The average Bonchev–Trinajstić information content (AvgIpc) is 2.81. The molecule has 0 aliphatic carbocycles. The number of piperidine rings is 1. The standard InChI is InChI=1S/C11H16N2O3/c1-15-11(14)10-3-2-4-13(7-10)6-9-5-12-16-8-9/h5,8,10H,2-4,6-7H2,1H3/t10-/m0/s1. The Morgan fingerprint density at radius 1 is 1.75 bits per heavy atom. The van der Waals surface area contributed by atoms with Crippen LogP contribution in [-0.2, 0) is 16.1 Å². The van der Waals surface area contributed by atoms with Gasteiger partial charge in [-0.05, 0) is 19.4 Å². The van der Waals surface area contributed by atoms with Crippen molar-refractivity contribution in [2.75, 3.05) is 20.2 Å². The zero-order valence-electron chi connectivity index (χ0n) is 9.39. The Morgan fingerprint density at radius 3 is 3.31 bits per heavy atom. The summed E-state index contributed by atoms with van der Waals surface area (Å²) in [4.78, 5) is 13.7. The number of hydrogen-bond donors (Lipinski definition) is 0. The summed E-state index contributed by atoms with van der Waals surface area (Å²) in [6.45, 7) is 2.56. The molecule has 0 saturated carbocycles. The minimum Gasteiger partial charge on any atom is -0.469 e. The summed E-state index contributed by atoms with van der Waals surface area (Å²) in [7, 11) is 1.45. The van der Waals surface area contributed by atoms with Crippen LogP contribution in [0.2, 0.25) is 0 Å². The Kier molecular flexibility index (Phi) is 3.56. The van der Waals surface area contributed by atoms with Crippen LogP contribution in [0.1, 0.15) is 18.4 Å². The van der Waals surface area contributed by atoms with Gasteiger partial charge in [0.25, 0.3) is 0 Å². The molecule has 1 aromatic heterocycles. The van der Waals surface area contributed by atoms with Gasteiger partial charge in [-0.15, -0.1) is 0 Å². The molecule has 2 rings (SSSR count). The first kappa shape index (κ1) is 11.1. The third-order valence-electron chi connectivity index (χ3n) is 2.93. The van der Waals surface area contributed by atoms with Crippen LogP contribution in [0, 0.1) is 5.92 Å². The summed E-state index contributed by atoms with van der Waals surface area (Å²) in [6, 6.07) is 0. The van der Waals surface area contributed by atoms with Crippen molar-refractivity contribution in [1.82, 2.24) is 10.1 Å². The van der Waals surface area contributed by atoms with Gasteiger partial charge >= 0.3 is 5.97 Å². The summed E-state index contributed by atoms with van der Waals surface area (Å²) < 4.78 is 9.56. The normalized spacial score (nSPS) is 21.9. The molecule has 1 atom stereocenters. The van der Waals surface area contributed by atoms with E-state index in [4.69, 9.17) is 9.26 Å². The molecule has 0 radical (unpaired) electrons. The minimum absolute atomic E-state index is 0.0126. The number of ether oxygens (including phenoxy) is 1. The molecule has 0 bridgehead atoms. The molecule has 0 N–H and O–H groups in total. The van der Waals surface area contributed by atoms with E-state index in [1.807, 2.05) is 0 Å².